The molecule has 0 radical (unpaired) electrons. The molecular weight excluding hydrogens is 741 g/mol. The van der Waals surface area contributed by atoms with Crippen LogP contribution in [0.1, 0.15) is 180 Å². The minimum absolute atomic E-state index is 0.145. The molecule has 2 unspecified atom stereocenters. The fourth-order valence-corrected chi connectivity index (χ4v) is 7.40. The van der Waals surface area contributed by atoms with E-state index in [1.165, 1.54) is 96.3 Å². The lowest BCUT2D eigenvalue weighted by Gasteiger charge is -2.40. The van der Waals surface area contributed by atoms with Crippen LogP contribution in [0.3, 0.4) is 0 Å². The number of aliphatic hydroxyl groups is 3. The summed E-state index contributed by atoms with van der Waals surface area (Å²) >= 11 is 0. The van der Waals surface area contributed by atoms with Crippen molar-refractivity contribution in [2.45, 2.75) is 217 Å². The van der Waals surface area contributed by atoms with E-state index in [1.54, 1.807) is 0 Å². The fourth-order valence-electron chi connectivity index (χ4n) is 6.71. The van der Waals surface area contributed by atoms with Crippen LogP contribution in [-0.2, 0) is 38.7 Å². The highest BCUT2D eigenvalue weighted by Gasteiger charge is 2.46. The molecule has 0 aromatic carbocycles. The first-order valence-electron chi connectivity index (χ1n) is 21.9. The number of carbonyl (C=O) groups excluding carboxylic acids is 2. The zero-order valence-corrected chi connectivity index (χ0v) is 35.4. The second-order valence-electron chi connectivity index (χ2n) is 15.4. The summed E-state index contributed by atoms with van der Waals surface area (Å²) in [6.07, 6.45) is 25.5. The van der Waals surface area contributed by atoms with Crippen molar-refractivity contribution in [1.82, 2.24) is 0 Å². The van der Waals surface area contributed by atoms with Gasteiger partial charge >= 0.3 is 11.9 Å². The van der Waals surface area contributed by atoms with E-state index < -0.39 is 71.2 Å². The van der Waals surface area contributed by atoms with Gasteiger partial charge in [-0.15, -0.1) is 6.58 Å². The van der Waals surface area contributed by atoms with E-state index in [2.05, 4.69) is 25.7 Å². The first-order chi connectivity index (χ1) is 27.0. The molecule has 56 heavy (non-hydrogen) atoms. The number of aliphatic hydroxyl groups excluding tert-OH is 3. The Balaban J connectivity index is 2.46. The van der Waals surface area contributed by atoms with Crippen LogP contribution in [0.25, 0.3) is 0 Å². The molecule has 1 rings (SSSR count). The van der Waals surface area contributed by atoms with Crippen molar-refractivity contribution in [3.05, 3.63) is 24.8 Å². The molecule has 4 N–H and O–H groups in total. The number of esters is 2. The summed E-state index contributed by atoms with van der Waals surface area (Å²) in [5.41, 5.74) is 0. The Kier molecular flexibility index (Phi) is 31.7. The van der Waals surface area contributed by atoms with Crippen LogP contribution in [0.15, 0.2) is 24.8 Å². The molecule has 1 aliphatic rings. The van der Waals surface area contributed by atoms with Crippen LogP contribution in [0, 0.1) is 0 Å². The third-order valence-corrected chi connectivity index (χ3v) is 10.9. The molecule has 0 aromatic heterocycles. The molecule has 0 bridgehead atoms. The first kappa shape index (κ1) is 52.1. The SMILES string of the molecule is C=CCCCCCCCCCCCCCCCC(=O)OC[C@H](CO[C@H]1O[C@H](CS(=O)(=O)O)[C@@H](O)C(O)C1O)OC(=O)CCCCC/C=C/CCCCCCCC. The van der Waals surface area contributed by atoms with Crippen molar-refractivity contribution in [2.75, 3.05) is 19.0 Å². The van der Waals surface area contributed by atoms with Gasteiger partial charge in [0.05, 0.1) is 6.61 Å². The summed E-state index contributed by atoms with van der Waals surface area (Å²) in [5.74, 6) is -2.00. The second-order valence-corrected chi connectivity index (χ2v) is 16.9. The van der Waals surface area contributed by atoms with Gasteiger partial charge in [-0.3, -0.25) is 14.1 Å². The van der Waals surface area contributed by atoms with Crippen molar-refractivity contribution in [2.24, 2.45) is 0 Å². The van der Waals surface area contributed by atoms with Crippen LogP contribution in [0.2, 0.25) is 0 Å². The maximum Gasteiger partial charge on any atom is 0.306 e. The zero-order valence-electron chi connectivity index (χ0n) is 34.6. The average Bonchev–Trinajstić information content (AvgIpc) is 3.16. The molecule has 1 heterocycles. The minimum Gasteiger partial charge on any atom is -0.462 e. The highest BCUT2D eigenvalue weighted by atomic mass is 32.2. The lowest BCUT2D eigenvalue weighted by molar-refractivity contribution is -0.297. The predicted molar refractivity (Wildman–Crippen MR) is 220 cm³/mol. The van der Waals surface area contributed by atoms with Gasteiger partial charge < -0.3 is 34.3 Å². The zero-order chi connectivity index (χ0) is 41.3. The molecule has 13 heteroatoms. The van der Waals surface area contributed by atoms with Gasteiger partial charge in [0.2, 0.25) is 0 Å². The van der Waals surface area contributed by atoms with E-state index in [1.807, 2.05) is 6.08 Å². The molecular formula is C43H78O12S. The summed E-state index contributed by atoms with van der Waals surface area (Å²) in [7, 11) is -4.60. The third kappa shape index (κ3) is 28.5. The van der Waals surface area contributed by atoms with E-state index in [9.17, 15) is 37.9 Å². The Bertz CT molecular complexity index is 1130. The largest absolute Gasteiger partial charge is 0.462 e. The van der Waals surface area contributed by atoms with E-state index >= 15 is 0 Å². The van der Waals surface area contributed by atoms with Crippen molar-refractivity contribution in [3.63, 3.8) is 0 Å². The van der Waals surface area contributed by atoms with E-state index in [0.717, 1.165) is 51.4 Å². The Morgan fingerprint density at radius 2 is 1.11 bits per heavy atom. The van der Waals surface area contributed by atoms with Crippen molar-refractivity contribution in [1.29, 1.82) is 0 Å². The minimum atomic E-state index is -4.60. The Labute approximate surface area is 338 Å². The number of unbranched alkanes of at least 4 members (excludes halogenated alkanes) is 22. The summed E-state index contributed by atoms with van der Waals surface area (Å²) in [6, 6.07) is 0. The smallest absolute Gasteiger partial charge is 0.306 e. The summed E-state index contributed by atoms with van der Waals surface area (Å²) in [6.45, 7) is 5.26. The van der Waals surface area contributed by atoms with Crippen LogP contribution in [-0.4, -0.2) is 96.0 Å². The molecule has 1 fully saturated rings. The molecule has 6 atom stereocenters. The molecule has 0 aromatic rings. The summed E-state index contributed by atoms with van der Waals surface area (Å²) in [4.78, 5) is 25.3. The number of allylic oxidation sites excluding steroid dienone is 3. The Morgan fingerprint density at radius 1 is 0.643 bits per heavy atom. The van der Waals surface area contributed by atoms with Crippen molar-refractivity contribution >= 4 is 22.1 Å². The molecule has 12 nitrogen and oxygen atoms in total. The molecule has 1 saturated heterocycles. The standard InChI is InChI=1S/C43H78O12S/c1-3-5-7-9-11-13-15-17-18-20-21-23-25-27-29-31-38(44)52-33-36(34-53-43-42(48)41(47)40(46)37(55-43)35-56(49,50)51)54-39(45)32-30-28-26-24-22-19-16-14-12-10-8-6-4-2/h3,19,22,36-37,40-43,46-48H,1,4-18,20-21,23-35H2,2H3,(H,49,50,51)/b22-19+/t36-,37-,40-,41?,42?,43+/m1/s1. The second kappa shape index (κ2) is 34.0. The topological polar surface area (TPSA) is 186 Å². The fraction of sp³-hybridized carbons (Fsp3) is 0.860. The van der Waals surface area contributed by atoms with Crippen molar-refractivity contribution < 1.29 is 56.8 Å². The van der Waals surface area contributed by atoms with Crippen LogP contribution in [0.4, 0.5) is 0 Å². The predicted octanol–water partition coefficient (Wildman–Crippen LogP) is 8.45. The van der Waals surface area contributed by atoms with Gasteiger partial charge in [-0.25, -0.2) is 0 Å². The van der Waals surface area contributed by atoms with Gasteiger partial charge in [-0.05, 0) is 51.4 Å². The lowest BCUT2D eigenvalue weighted by Crippen LogP contribution is -2.60. The Morgan fingerprint density at radius 3 is 1.62 bits per heavy atom. The number of hydrogen-bond acceptors (Lipinski definition) is 11. The molecule has 0 amide bonds. The van der Waals surface area contributed by atoms with Gasteiger partial charge in [0.25, 0.3) is 10.1 Å². The third-order valence-electron chi connectivity index (χ3n) is 10.1. The first-order valence-corrected chi connectivity index (χ1v) is 23.5. The molecule has 1 aliphatic heterocycles. The van der Waals surface area contributed by atoms with Gasteiger partial charge in [0.1, 0.15) is 36.8 Å². The monoisotopic (exact) mass is 819 g/mol. The van der Waals surface area contributed by atoms with Crippen LogP contribution >= 0.6 is 0 Å². The highest BCUT2D eigenvalue weighted by molar-refractivity contribution is 7.85. The van der Waals surface area contributed by atoms with Crippen molar-refractivity contribution in [3.8, 4) is 0 Å². The maximum absolute atomic E-state index is 12.8. The number of hydrogen-bond donors (Lipinski definition) is 4. The maximum atomic E-state index is 12.8. The molecule has 0 aliphatic carbocycles. The van der Waals surface area contributed by atoms with Crippen LogP contribution < -0.4 is 0 Å². The van der Waals surface area contributed by atoms with Gasteiger partial charge in [0.15, 0.2) is 12.4 Å². The van der Waals surface area contributed by atoms with E-state index in [-0.39, 0.29) is 19.4 Å². The van der Waals surface area contributed by atoms with Gasteiger partial charge in [-0.1, -0.05) is 134 Å². The number of rotatable bonds is 37. The molecule has 328 valence electrons. The van der Waals surface area contributed by atoms with Gasteiger partial charge in [-0.2, -0.15) is 8.42 Å². The quantitative estimate of drug-likeness (QED) is 0.0203. The lowest BCUT2D eigenvalue weighted by atomic mass is 10.00. The number of ether oxygens (including phenoxy) is 4. The van der Waals surface area contributed by atoms with Crippen LogP contribution in [0.5, 0.6) is 0 Å². The average molecular weight is 819 g/mol. The van der Waals surface area contributed by atoms with E-state index in [4.69, 9.17) is 18.9 Å². The molecule has 0 spiro atoms. The molecule has 0 saturated carbocycles. The summed E-state index contributed by atoms with van der Waals surface area (Å²) in [5, 5.41) is 30.8. The normalized spacial score (nSPS) is 20.6. The summed E-state index contributed by atoms with van der Waals surface area (Å²) < 4.78 is 54.0. The van der Waals surface area contributed by atoms with Gasteiger partial charge in [0, 0.05) is 12.8 Å². The number of carbonyl (C=O) groups is 2. The highest BCUT2D eigenvalue weighted by Crippen LogP contribution is 2.24. The Hall–Kier alpha value is -1.87. The van der Waals surface area contributed by atoms with E-state index in [0.29, 0.717) is 12.8 Å².